The molecule has 0 saturated heterocycles. The van der Waals surface area contributed by atoms with Crippen molar-refractivity contribution in [3.63, 3.8) is 0 Å². The van der Waals surface area contributed by atoms with Crippen LogP contribution in [0.25, 0.3) is 0 Å². The van der Waals surface area contributed by atoms with Gasteiger partial charge in [-0.3, -0.25) is 4.79 Å². The van der Waals surface area contributed by atoms with E-state index in [2.05, 4.69) is 5.32 Å². The lowest BCUT2D eigenvalue weighted by molar-refractivity contribution is -0.125. The molecule has 1 aromatic carbocycles. The highest BCUT2D eigenvalue weighted by atomic mass is 16.5. The summed E-state index contributed by atoms with van der Waals surface area (Å²) in [7, 11) is 1.61. The summed E-state index contributed by atoms with van der Waals surface area (Å²) in [5.41, 5.74) is 4.55. The SMILES string of the molecule is CCCNC(C)(COc1ccc(OC)cc1)C(N)=O. The van der Waals surface area contributed by atoms with Gasteiger partial charge in [0.2, 0.25) is 5.91 Å². The van der Waals surface area contributed by atoms with Gasteiger partial charge in [-0.2, -0.15) is 0 Å². The lowest BCUT2D eigenvalue weighted by atomic mass is 10.0. The van der Waals surface area contributed by atoms with Crippen molar-refractivity contribution in [3.05, 3.63) is 24.3 Å². The molecule has 19 heavy (non-hydrogen) atoms. The molecule has 0 saturated carbocycles. The van der Waals surface area contributed by atoms with Crippen LogP contribution in [0.1, 0.15) is 20.3 Å². The molecule has 0 spiro atoms. The number of benzene rings is 1. The second-order valence-electron chi connectivity index (χ2n) is 4.59. The fourth-order valence-corrected chi connectivity index (χ4v) is 1.51. The highest BCUT2D eigenvalue weighted by molar-refractivity contribution is 5.84. The molecule has 1 atom stereocenters. The Hall–Kier alpha value is -1.75. The molecule has 0 aliphatic heterocycles. The van der Waals surface area contributed by atoms with Crippen molar-refractivity contribution in [2.24, 2.45) is 5.73 Å². The maximum atomic E-state index is 11.5. The fourth-order valence-electron chi connectivity index (χ4n) is 1.51. The Kier molecular flexibility index (Phi) is 5.63. The van der Waals surface area contributed by atoms with E-state index in [0.29, 0.717) is 12.3 Å². The standard InChI is InChI=1S/C14H22N2O3/c1-4-9-16-14(2,13(15)17)10-19-12-7-5-11(18-3)6-8-12/h5-8,16H,4,9-10H2,1-3H3,(H2,15,17). The number of carbonyl (C=O) groups is 1. The molecule has 1 amide bonds. The monoisotopic (exact) mass is 266 g/mol. The molecule has 1 aromatic rings. The van der Waals surface area contributed by atoms with Crippen molar-refractivity contribution in [2.75, 3.05) is 20.3 Å². The van der Waals surface area contributed by atoms with Crippen LogP contribution in [0, 0.1) is 0 Å². The van der Waals surface area contributed by atoms with E-state index < -0.39 is 11.4 Å². The number of amides is 1. The summed E-state index contributed by atoms with van der Waals surface area (Å²) in [6.07, 6.45) is 0.922. The highest BCUT2D eigenvalue weighted by Gasteiger charge is 2.31. The predicted molar refractivity (Wildman–Crippen MR) is 74.4 cm³/mol. The number of rotatable bonds is 8. The van der Waals surface area contributed by atoms with Crippen LogP contribution in [0.5, 0.6) is 11.5 Å². The van der Waals surface area contributed by atoms with Crippen LogP contribution in [-0.2, 0) is 4.79 Å². The zero-order chi connectivity index (χ0) is 14.3. The van der Waals surface area contributed by atoms with Crippen LogP contribution in [0.3, 0.4) is 0 Å². The van der Waals surface area contributed by atoms with Crippen LogP contribution >= 0.6 is 0 Å². The highest BCUT2D eigenvalue weighted by Crippen LogP contribution is 2.18. The van der Waals surface area contributed by atoms with Crippen LogP contribution in [0.4, 0.5) is 0 Å². The molecule has 0 aliphatic rings. The maximum Gasteiger partial charge on any atom is 0.240 e. The normalized spacial score (nSPS) is 13.6. The number of nitrogens with one attached hydrogen (secondary N) is 1. The molecule has 0 bridgehead atoms. The van der Waals surface area contributed by atoms with Crippen LogP contribution in [0.2, 0.25) is 0 Å². The van der Waals surface area contributed by atoms with Crippen molar-refractivity contribution in [1.29, 1.82) is 0 Å². The number of primary amides is 1. The zero-order valence-corrected chi connectivity index (χ0v) is 11.7. The minimum absolute atomic E-state index is 0.189. The largest absolute Gasteiger partial charge is 0.497 e. The van der Waals surface area contributed by atoms with E-state index in [1.54, 1.807) is 38.3 Å². The van der Waals surface area contributed by atoms with Gasteiger partial charge in [-0.05, 0) is 44.2 Å². The van der Waals surface area contributed by atoms with E-state index in [1.165, 1.54) is 0 Å². The Bertz CT molecular complexity index is 406. The second-order valence-corrected chi connectivity index (χ2v) is 4.59. The predicted octanol–water partition coefficient (Wildman–Crippen LogP) is 1.32. The van der Waals surface area contributed by atoms with E-state index in [-0.39, 0.29) is 6.61 Å². The minimum atomic E-state index is -0.865. The first-order valence-corrected chi connectivity index (χ1v) is 6.33. The van der Waals surface area contributed by atoms with Gasteiger partial charge in [0, 0.05) is 0 Å². The summed E-state index contributed by atoms with van der Waals surface area (Å²) in [6.45, 7) is 4.67. The van der Waals surface area contributed by atoms with Gasteiger partial charge in [-0.1, -0.05) is 6.92 Å². The Morgan fingerprint density at radius 1 is 1.32 bits per heavy atom. The van der Waals surface area contributed by atoms with Crippen LogP contribution < -0.4 is 20.5 Å². The van der Waals surface area contributed by atoms with E-state index in [9.17, 15) is 4.79 Å². The van der Waals surface area contributed by atoms with Gasteiger partial charge in [-0.25, -0.2) is 0 Å². The average molecular weight is 266 g/mol. The first-order valence-electron chi connectivity index (χ1n) is 6.33. The lowest BCUT2D eigenvalue weighted by Crippen LogP contribution is -2.57. The summed E-state index contributed by atoms with van der Waals surface area (Å²) < 4.78 is 10.7. The van der Waals surface area contributed by atoms with Crippen molar-refractivity contribution < 1.29 is 14.3 Å². The third kappa shape index (κ3) is 4.44. The van der Waals surface area contributed by atoms with Crippen molar-refractivity contribution in [2.45, 2.75) is 25.8 Å². The van der Waals surface area contributed by atoms with E-state index in [1.807, 2.05) is 6.92 Å². The maximum absolute atomic E-state index is 11.5. The molecule has 0 aromatic heterocycles. The molecule has 5 heteroatoms. The van der Waals surface area contributed by atoms with Crippen molar-refractivity contribution in [1.82, 2.24) is 5.32 Å². The summed E-state index contributed by atoms with van der Waals surface area (Å²) in [5.74, 6) is 1.01. The number of hydrogen-bond acceptors (Lipinski definition) is 4. The molecule has 0 heterocycles. The molecule has 0 fully saturated rings. The molecular weight excluding hydrogens is 244 g/mol. The summed E-state index contributed by atoms with van der Waals surface area (Å²) in [4.78, 5) is 11.5. The van der Waals surface area contributed by atoms with Crippen LogP contribution in [0.15, 0.2) is 24.3 Å². The molecule has 3 N–H and O–H groups in total. The number of hydrogen-bond donors (Lipinski definition) is 2. The van der Waals surface area contributed by atoms with Gasteiger partial charge in [0.25, 0.3) is 0 Å². The Morgan fingerprint density at radius 3 is 2.37 bits per heavy atom. The van der Waals surface area contributed by atoms with Crippen molar-refractivity contribution in [3.8, 4) is 11.5 Å². The van der Waals surface area contributed by atoms with E-state index in [4.69, 9.17) is 15.2 Å². The first-order chi connectivity index (χ1) is 9.01. The van der Waals surface area contributed by atoms with Gasteiger partial charge >= 0.3 is 0 Å². The summed E-state index contributed by atoms with van der Waals surface area (Å²) in [6, 6.07) is 7.19. The number of carbonyl (C=O) groups excluding carboxylic acids is 1. The third-order valence-electron chi connectivity index (χ3n) is 2.90. The lowest BCUT2D eigenvalue weighted by Gasteiger charge is -2.27. The average Bonchev–Trinajstić information content (AvgIpc) is 2.43. The van der Waals surface area contributed by atoms with Gasteiger partial charge < -0.3 is 20.5 Å². The molecular formula is C14H22N2O3. The topological polar surface area (TPSA) is 73.6 Å². The Labute approximate surface area is 114 Å². The zero-order valence-electron chi connectivity index (χ0n) is 11.7. The van der Waals surface area contributed by atoms with Crippen LogP contribution in [-0.4, -0.2) is 31.7 Å². The fraction of sp³-hybridized carbons (Fsp3) is 0.500. The van der Waals surface area contributed by atoms with Gasteiger partial charge in [0.1, 0.15) is 23.6 Å². The molecule has 0 radical (unpaired) electrons. The molecule has 106 valence electrons. The van der Waals surface area contributed by atoms with Gasteiger partial charge in [-0.15, -0.1) is 0 Å². The van der Waals surface area contributed by atoms with E-state index >= 15 is 0 Å². The minimum Gasteiger partial charge on any atom is -0.497 e. The Balaban J connectivity index is 2.62. The quantitative estimate of drug-likeness (QED) is 0.744. The second kappa shape index (κ2) is 6.99. The number of methoxy groups -OCH3 is 1. The summed E-state index contributed by atoms with van der Waals surface area (Å²) in [5, 5.41) is 3.11. The van der Waals surface area contributed by atoms with Gasteiger partial charge in [0.15, 0.2) is 0 Å². The smallest absolute Gasteiger partial charge is 0.240 e. The van der Waals surface area contributed by atoms with E-state index in [0.717, 1.165) is 12.2 Å². The number of ether oxygens (including phenoxy) is 2. The van der Waals surface area contributed by atoms with Crippen molar-refractivity contribution >= 4 is 5.91 Å². The first kappa shape index (κ1) is 15.3. The molecule has 1 unspecified atom stereocenters. The molecule has 0 aliphatic carbocycles. The summed E-state index contributed by atoms with van der Waals surface area (Å²) >= 11 is 0. The molecule has 1 rings (SSSR count). The third-order valence-corrected chi connectivity index (χ3v) is 2.90. The Morgan fingerprint density at radius 2 is 1.89 bits per heavy atom. The number of nitrogens with two attached hydrogens (primary N) is 1. The van der Waals surface area contributed by atoms with Gasteiger partial charge in [0.05, 0.1) is 7.11 Å². The molecule has 5 nitrogen and oxygen atoms in total.